The summed E-state index contributed by atoms with van der Waals surface area (Å²) in [6.45, 7) is 8.20. The molecule has 2 aromatic carbocycles. The van der Waals surface area contributed by atoms with Crippen molar-refractivity contribution in [3.63, 3.8) is 0 Å². The molecular weight excluding hydrogens is 736 g/mol. The van der Waals surface area contributed by atoms with Crippen LogP contribution in [-0.4, -0.2) is 71.2 Å². The topological polar surface area (TPSA) is 158 Å². The summed E-state index contributed by atoms with van der Waals surface area (Å²) in [6, 6.07) is 11.7. The van der Waals surface area contributed by atoms with Gasteiger partial charge in [-0.2, -0.15) is 0 Å². The van der Waals surface area contributed by atoms with E-state index in [0.717, 1.165) is 20.1 Å². The van der Waals surface area contributed by atoms with E-state index in [2.05, 4.69) is 55.7 Å². The number of allylic oxidation sites excluding steroid dienone is 2. The number of aliphatic hydroxyl groups is 2. The lowest BCUT2D eigenvalue weighted by Crippen LogP contribution is -2.36. The second kappa shape index (κ2) is 20.1. The lowest BCUT2D eigenvalue weighted by Gasteiger charge is -2.41. The van der Waals surface area contributed by atoms with Crippen LogP contribution in [0.2, 0.25) is 0 Å². The minimum absolute atomic E-state index is 0.0183. The van der Waals surface area contributed by atoms with Gasteiger partial charge in [-0.15, -0.1) is 0 Å². The van der Waals surface area contributed by atoms with Gasteiger partial charge in [-0.25, -0.2) is 9.59 Å². The fraction of sp³-hybridized carbons (Fsp3) is 0.429. The van der Waals surface area contributed by atoms with E-state index in [1.54, 1.807) is 26.0 Å². The maximum absolute atomic E-state index is 11.9. The number of hydrogen-bond donors (Lipinski definition) is 4. The van der Waals surface area contributed by atoms with Gasteiger partial charge in [-0.1, -0.05) is 38.1 Å². The minimum atomic E-state index is -1.16. The van der Waals surface area contributed by atoms with Crippen LogP contribution in [0.25, 0.3) is 0 Å². The minimum Gasteiger partial charge on any atom is -0.492 e. The van der Waals surface area contributed by atoms with Crippen LogP contribution in [-0.2, 0) is 15.0 Å². The van der Waals surface area contributed by atoms with E-state index in [1.165, 1.54) is 12.4 Å². The third-order valence-corrected chi connectivity index (χ3v) is 9.24. The molecule has 0 aromatic heterocycles. The Balaban J connectivity index is 2.78. The van der Waals surface area contributed by atoms with E-state index >= 15 is 0 Å². The van der Waals surface area contributed by atoms with Crippen LogP contribution in [0.15, 0.2) is 78.9 Å². The number of aliphatic hydroxyl groups excluding tert-OH is 2. The molecular formula is C35H44Br2N2O8. The number of ether oxygens (including phenoxy) is 2. The lowest BCUT2D eigenvalue weighted by molar-refractivity contribution is -0.133. The molecule has 0 saturated heterocycles. The van der Waals surface area contributed by atoms with Crippen LogP contribution in [0.4, 0.5) is 0 Å². The Hall–Kier alpha value is -3.32. The molecule has 0 aliphatic carbocycles. The summed E-state index contributed by atoms with van der Waals surface area (Å²) in [7, 11) is 0. The summed E-state index contributed by atoms with van der Waals surface area (Å²) in [5.74, 6) is -1.54. The average Bonchev–Trinajstić information content (AvgIpc) is 3.04. The van der Waals surface area contributed by atoms with Crippen molar-refractivity contribution in [2.45, 2.75) is 58.8 Å². The summed E-state index contributed by atoms with van der Waals surface area (Å²) in [4.78, 5) is 31.9. The van der Waals surface area contributed by atoms with E-state index in [0.29, 0.717) is 50.4 Å². The van der Waals surface area contributed by atoms with E-state index in [-0.39, 0.29) is 36.4 Å². The van der Waals surface area contributed by atoms with Crippen molar-refractivity contribution in [2.75, 3.05) is 26.4 Å². The van der Waals surface area contributed by atoms with Gasteiger partial charge >= 0.3 is 11.9 Å². The molecule has 4 N–H and O–H groups in total. The quantitative estimate of drug-likeness (QED) is 0.0625. The Labute approximate surface area is 293 Å². The monoisotopic (exact) mass is 778 g/mol. The van der Waals surface area contributed by atoms with E-state index < -0.39 is 17.4 Å². The van der Waals surface area contributed by atoms with Crippen molar-refractivity contribution in [1.82, 2.24) is 0 Å². The van der Waals surface area contributed by atoms with Crippen LogP contribution in [0.1, 0.15) is 64.5 Å². The summed E-state index contributed by atoms with van der Waals surface area (Å²) >= 11 is 7.32. The second-order valence-electron chi connectivity index (χ2n) is 10.9. The first-order valence-electron chi connectivity index (χ1n) is 15.4. The number of aliphatic imine (C=N–C) groups is 2. The van der Waals surface area contributed by atoms with Crippen molar-refractivity contribution in [2.24, 2.45) is 21.8 Å². The van der Waals surface area contributed by atoms with Crippen LogP contribution < -0.4 is 9.47 Å². The van der Waals surface area contributed by atoms with Gasteiger partial charge in [0.15, 0.2) is 0 Å². The number of carboxylic acid groups (broad SMARTS) is 2. The number of rotatable bonds is 20. The first kappa shape index (κ1) is 39.9. The number of nitrogens with zero attached hydrogens (tertiary/aromatic N) is 2. The number of carboxylic acids is 2. The van der Waals surface area contributed by atoms with Gasteiger partial charge in [-0.05, 0) is 106 Å². The second-order valence-corrected chi connectivity index (χ2v) is 12.6. The zero-order valence-electron chi connectivity index (χ0n) is 27.2. The molecule has 0 fully saturated rings. The maximum atomic E-state index is 11.9. The van der Waals surface area contributed by atoms with Gasteiger partial charge in [0.25, 0.3) is 0 Å². The van der Waals surface area contributed by atoms with Crippen LogP contribution in [0.5, 0.6) is 11.5 Å². The fourth-order valence-electron chi connectivity index (χ4n) is 5.24. The highest BCUT2D eigenvalue weighted by molar-refractivity contribution is 9.10. The molecule has 2 aromatic rings. The molecule has 12 heteroatoms. The highest BCUT2D eigenvalue weighted by Crippen LogP contribution is 2.47. The van der Waals surface area contributed by atoms with Gasteiger partial charge in [0, 0.05) is 43.9 Å². The largest absolute Gasteiger partial charge is 0.492 e. The Morgan fingerprint density at radius 1 is 0.809 bits per heavy atom. The molecule has 0 spiro atoms. The zero-order valence-corrected chi connectivity index (χ0v) is 30.3. The van der Waals surface area contributed by atoms with Crippen molar-refractivity contribution >= 4 is 56.2 Å². The standard InChI is InChI=1S/C35H44Br2N2O8/c1-5-38-29(33(42)43)13-9-24(10-14-30(34(44)45)39-6-2)23(3)35(4,25-11-15-31(27(36)21-25)46-19-7-17-40)26-12-16-32(28(37)22-26)47-20-8-18-41/h5-6,11-16,21-24,40-41H,7-10,17-20H2,1-4H3,(H,42,43)(H,44,45). The number of halogens is 2. The van der Waals surface area contributed by atoms with Crippen LogP contribution in [0.3, 0.4) is 0 Å². The van der Waals surface area contributed by atoms with E-state index in [4.69, 9.17) is 9.47 Å². The summed E-state index contributed by atoms with van der Waals surface area (Å²) < 4.78 is 13.2. The zero-order chi connectivity index (χ0) is 35.0. The number of benzene rings is 2. The molecule has 256 valence electrons. The smallest absolute Gasteiger partial charge is 0.354 e. The van der Waals surface area contributed by atoms with Crippen molar-refractivity contribution in [3.8, 4) is 11.5 Å². The number of aliphatic carboxylic acids is 2. The SMILES string of the molecule is CC=NC(=CCC(CC=C(N=CC)C(=O)O)C(C)C(C)(c1ccc(OCCCO)c(Br)c1)c1ccc(OCCCO)c(Br)c1)C(=O)O. The number of hydrogen-bond acceptors (Lipinski definition) is 8. The molecule has 1 unspecified atom stereocenters. The lowest BCUT2D eigenvalue weighted by atomic mass is 9.62. The molecule has 2 rings (SSSR count). The third kappa shape index (κ3) is 11.4. The third-order valence-electron chi connectivity index (χ3n) is 8.00. The van der Waals surface area contributed by atoms with Gasteiger partial charge in [0.05, 0.1) is 22.2 Å². The molecule has 10 nitrogen and oxygen atoms in total. The molecule has 0 aliphatic rings. The average molecular weight is 781 g/mol. The molecule has 0 heterocycles. The Kier molecular flexibility index (Phi) is 17.1. The van der Waals surface area contributed by atoms with Crippen LogP contribution in [0, 0.1) is 11.8 Å². The molecule has 47 heavy (non-hydrogen) atoms. The van der Waals surface area contributed by atoms with Crippen molar-refractivity contribution in [3.05, 3.63) is 80.0 Å². The molecule has 0 bridgehead atoms. The summed E-state index contributed by atoms with van der Waals surface area (Å²) in [6.07, 6.45) is 7.56. The molecule has 0 radical (unpaired) electrons. The predicted molar refractivity (Wildman–Crippen MR) is 191 cm³/mol. The normalized spacial score (nSPS) is 14.0. The highest BCUT2D eigenvalue weighted by Gasteiger charge is 2.39. The van der Waals surface area contributed by atoms with Crippen molar-refractivity contribution < 1.29 is 39.5 Å². The summed E-state index contributed by atoms with van der Waals surface area (Å²) in [5.41, 5.74) is 0.958. The predicted octanol–water partition coefficient (Wildman–Crippen LogP) is 7.19. The number of carbonyl (C=O) groups is 2. The van der Waals surface area contributed by atoms with E-state index in [9.17, 15) is 30.0 Å². The van der Waals surface area contributed by atoms with E-state index in [1.807, 2.05) is 36.4 Å². The van der Waals surface area contributed by atoms with Gasteiger partial charge in [0.1, 0.15) is 22.9 Å². The molecule has 0 amide bonds. The first-order chi connectivity index (χ1) is 22.4. The maximum Gasteiger partial charge on any atom is 0.354 e. The molecule has 1 atom stereocenters. The van der Waals surface area contributed by atoms with Gasteiger partial charge in [0.2, 0.25) is 0 Å². The Bertz CT molecular complexity index is 1370. The first-order valence-corrected chi connectivity index (χ1v) is 16.9. The fourth-order valence-corrected chi connectivity index (χ4v) is 6.22. The summed E-state index contributed by atoms with van der Waals surface area (Å²) in [5, 5.41) is 37.9. The Morgan fingerprint density at radius 3 is 1.53 bits per heavy atom. The Morgan fingerprint density at radius 2 is 1.21 bits per heavy atom. The highest BCUT2D eigenvalue weighted by atomic mass is 79.9. The van der Waals surface area contributed by atoms with Crippen molar-refractivity contribution in [1.29, 1.82) is 0 Å². The molecule has 0 aliphatic heterocycles. The molecule has 0 saturated carbocycles. The van der Waals surface area contributed by atoms with Gasteiger partial charge in [-0.3, -0.25) is 9.98 Å². The van der Waals surface area contributed by atoms with Crippen LogP contribution >= 0.6 is 31.9 Å². The van der Waals surface area contributed by atoms with Gasteiger partial charge < -0.3 is 29.9 Å².